The van der Waals surface area contributed by atoms with Gasteiger partial charge in [-0.2, -0.15) is 0 Å². The SMILES string of the molecule is c1ccc2cc(-c3nc4ccc(-c5ccc6cc(-c7ccc8nc(-c9ccc%10ccccc%10c9)n9c%10ccccc%10nc9c8c7)ccc6c5)cc4c4nc5ccccc5n34)ccc2c1. The maximum atomic E-state index is 5.31. The third-order valence-electron chi connectivity index (χ3n) is 13.0. The Kier molecular flexibility index (Phi) is 7.30. The van der Waals surface area contributed by atoms with E-state index in [9.17, 15) is 0 Å². The average molecular weight is 815 g/mol. The highest BCUT2D eigenvalue weighted by molar-refractivity contribution is 6.03. The molecule has 10 aromatic carbocycles. The molecule has 0 unspecified atom stereocenters. The summed E-state index contributed by atoms with van der Waals surface area (Å²) in [5, 5.41) is 9.16. The van der Waals surface area contributed by atoms with Gasteiger partial charge in [-0.3, -0.25) is 8.80 Å². The summed E-state index contributed by atoms with van der Waals surface area (Å²) in [5.41, 5.74) is 14.2. The van der Waals surface area contributed by atoms with Crippen LogP contribution in [0.3, 0.4) is 0 Å². The molecule has 14 rings (SSSR count). The second kappa shape index (κ2) is 13.4. The van der Waals surface area contributed by atoms with E-state index in [4.69, 9.17) is 19.9 Å². The van der Waals surface area contributed by atoms with Gasteiger partial charge in [0.1, 0.15) is 22.9 Å². The van der Waals surface area contributed by atoms with Crippen LogP contribution in [0.15, 0.2) is 206 Å². The fourth-order valence-corrected chi connectivity index (χ4v) is 9.80. The lowest BCUT2D eigenvalue weighted by Gasteiger charge is -2.12. The molecule has 0 N–H and O–H groups in total. The minimum atomic E-state index is 0.882. The Bertz CT molecular complexity index is 4000. The molecule has 4 heterocycles. The normalized spacial score (nSPS) is 12.1. The van der Waals surface area contributed by atoms with Crippen LogP contribution in [0.4, 0.5) is 0 Å². The van der Waals surface area contributed by atoms with Gasteiger partial charge < -0.3 is 0 Å². The lowest BCUT2D eigenvalue weighted by atomic mass is 9.96. The van der Waals surface area contributed by atoms with E-state index in [1.807, 2.05) is 12.1 Å². The maximum absolute atomic E-state index is 5.31. The van der Waals surface area contributed by atoms with Gasteiger partial charge >= 0.3 is 0 Å². The molecule has 0 amide bonds. The Labute approximate surface area is 366 Å². The summed E-state index contributed by atoms with van der Waals surface area (Å²) in [5.74, 6) is 1.76. The first kappa shape index (κ1) is 34.9. The van der Waals surface area contributed by atoms with Crippen molar-refractivity contribution in [1.29, 1.82) is 0 Å². The molecule has 0 spiro atoms. The summed E-state index contributed by atoms with van der Waals surface area (Å²) in [6.45, 7) is 0. The average Bonchev–Trinajstić information content (AvgIpc) is 3.95. The summed E-state index contributed by atoms with van der Waals surface area (Å²) in [6.07, 6.45) is 0. The Balaban J connectivity index is 0.861. The van der Waals surface area contributed by atoms with Gasteiger partial charge in [0.2, 0.25) is 0 Å². The quantitative estimate of drug-likeness (QED) is 0.178. The van der Waals surface area contributed by atoms with E-state index in [0.717, 1.165) is 100 Å². The highest BCUT2D eigenvalue weighted by atomic mass is 15.1. The highest BCUT2D eigenvalue weighted by Crippen LogP contribution is 2.37. The topological polar surface area (TPSA) is 60.4 Å². The summed E-state index contributed by atoms with van der Waals surface area (Å²) >= 11 is 0. The first-order valence-corrected chi connectivity index (χ1v) is 21.6. The third kappa shape index (κ3) is 5.33. The lowest BCUT2D eigenvalue weighted by molar-refractivity contribution is 1.16. The predicted octanol–water partition coefficient (Wildman–Crippen LogP) is 14.5. The number of aromatic nitrogens is 6. The molecule has 64 heavy (non-hydrogen) atoms. The van der Waals surface area contributed by atoms with Gasteiger partial charge in [0.05, 0.1) is 33.1 Å². The van der Waals surface area contributed by atoms with Crippen molar-refractivity contribution < 1.29 is 0 Å². The molecule has 0 aliphatic rings. The van der Waals surface area contributed by atoms with Crippen LogP contribution in [0, 0.1) is 0 Å². The Morgan fingerprint density at radius 2 is 0.594 bits per heavy atom. The molecule has 0 aliphatic carbocycles. The van der Waals surface area contributed by atoms with Crippen molar-refractivity contribution in [3.05, 3.63) is 206 Å². The van der Waals surface area contributed by atoms with Crippen molar-refractivity contribution in [2.24, 2.45) is 0 Å². The molecule has 0 radical (unpaired) electrons. The van der Waals surface area contributed by atoms with Crippen molar-refractivity contribution >= 4 is 87.5 Å². The van der Waals surface area contributed by atoms with Crippen LogP contribution in [-0.4, -0.2) is 28.7 Å². The van der Waals surface area contributed by atoms with Gasteiger partial charge in [-0.25, -0.2) is 19.9 Å². The fraction of sp³-hybridized carbons (Fsp3) is 0. The van der Waals surface area contributed by atoms with Gasteiger partial charge in [0.25, 0.3) is 0 Å². The molecule has 0 atom stereocenters. The van der Waals surface area contributed by atoms with Crippen molar-refractivity contribution in [2.45, 2.75) is 0 Å². The number of nitrogens with zero attached hydrogens (tertiary/aromatic N) is 6. The van der Waals surface area contributed by atoms with Gasteiger partial charge in [-0.05, 0) is 127 Å². The number of hydrogen-bond donors (Lipinski definition) is 0. The first-order chi connectivity index (χ1) is 31.7. The van der Waals surface area contributed by atoms with Crippen molar-refractivity contribution in [3.63, 3.8) is 0 Å². The monoisotopic (exact) mass is 814 g/mol. The molecule has 6 nitrogen and oxygen atoms in total. The van der Waals surface area contributed by atoms with Crippen molar-refractivity contribution in [2.75, 3.05) is 0 Å². The molecule has 296 valence electrons. The predicted molar refractivity (Wildman–Crippen MR) is 264 cm³/mol. The van der Waals surface area contributed by atoms with Crippen molar-refractivity contribution in [3.8, 4) is 45.0 Å². The van der Waals surface area contributed by atoms with E-state index in [2.05, 4.69) is 203 Å². The number of para-hydroxylation sites is 4. The molecule has 0 saturated heterocycles. The molecule has 6 heteroatoms. The summed E-state index contributed by atoms with van der Waals surface area (Å²) < 4.78 is 4.44. The highest BCUT2D eigenvalue weighted by Gasteiger charge is 2.19. The van der Waals surface area contributed by atoms with E-state index in [1.54, 1.807) is 0 Å². The lowest BCUT2D eigenvalue weighted by Crippen LogP contribution is -1.98. The zero-order chi connectivity index (χ0) is 41.9. The van der Waals surface area contributed by atoms with E-state index < -0.39 is 0 Å². The van der Waals surface area contributed by atoms with Crippen LogP contribution in [-0.2, 0) is 0 Å². The molecule has 14 aromatic rings. The zero-order valence-electron chi connectivity index (χ0n) is 34.3. The Morgan fingerprint density at radius 1 is 0.250 bits per heavy atom. The summed E-state index contributed by atoms with van der Waals surface area (Å²) in [4.78, 5) is 21.0. The summed E-state index contributed by atoms with van der Waals surface area (Å²) in [6, 6.07) is 73.4. The molecule has 0 fully saturated rings. The smallest absolute Gasteiger partial charge is 0.149 e. The standard InChI is InChI=1S/C58H34N6/c1-3-11-37-31-45(23-17-35(37)9-1)55-59-49-27-25-43(33-47(49)57-61-51-13-5-7-15-53(51)63(55)57)41-21-19-40-30-42(22-20-39(40)29-41)44-26-28-50-48(34-44)58-62-52-14-6-8-16-54(52)64(58)56(60-50)46-24-18-36-10-2-4-12-38(36)32-46/h1-34H. The molecule has 4 aromatic heterocycles. The molecular weight excluding hydrogens is 781 g/mol. The van der Waals surface area contributed by atoms with Crippen LogP contribution in [0.5, 0.6) is 0 Å². The van der Waals surface area contributed by atoms with E-state index in [-0.39, 0.29) is 0 Å². The van der Waals surface area contributed by atoms with Gasteiger partial charge in [0, 0.05) is 21.9 Å². The minimum Gasteiger partial charge on any atom is -0.276 e. The van der Waals surface area contributed by atoms with Crippen LogP contribution in [0.1, 0.15) is 0 Å². The van der Waals surface area contributed by atoms with Crippen LogP contribution >= 0.6 is 0 Å². The maximum Gasteiger partial charge on any atom is 0.149 e. The van der Waals surface area contributed by atoms with Gasteiger partial charge in [-0.1, -0.05) is 133 Å². The number of benzene rings is 10. The minimum absolute atomic E-state index is 0.882. The van der Waals surface area contributed by atoms with Crippen LogP contribution in [0.2, 0.25) is 0 Å². The number of imidazole rings is 2. The second-order valence-electron chi connectivity index (χ2n) is 16.8. The van der Waals surface area contributed by atoms with Gasteiger partial charge in [0.15, 0.2) is 0 Å². The largest absolute Gasteiger partial charge is 0.276 e. The van der Waals surface area contributed by atoms with E-state index >= 15 is 0 Å². The van der Waals surface area contributed by atoms with Crippen LogP contribution < -0.4 is 0 Å². The van der Waals surface area contributed by atoms with Gasteiger partial charge in [-0.15, -0.1) is 0 Å². The Morgan fingerprint density at radius 3 is 1.08 bits per heavy atom. The molecule has 0 bridgehead atoms. The number of rotatable bonds is 4. The third-order valence-corrected chi connectivity index (χ3v) is 13.0. The van der Waals surface area contributed by atoms with E-state index in [0.29, 0.717) is 0 Å². The number of fused-ring (bicyclic) bond motifs is 13. The Hall–Kier alpha value is -8.74. The fourth-order valence-electron chi connectivity index (χ4n) is 9.80. The zero-order valence-corrected chi connectivity index (χ0v) is 34.3. The van der Waals surface area contributed by atoms with E-state index in [1.165, 1.54) is 32.3 Å². The number of hydrogen-bond acceptors (Lipinski definition) is 4. The second-order valence-corrected chi connectivity index (χ2v) is 16.8. The van der Waals surface area contributed by atoms with Crippen LogP contribution in [0.25, 0.3) is 133 Å². The first-order valence-electron chi connectivity index (χ1n) is 21.6. The molecule has 0 aliphatic heterocycles. The molecule has 0 saturated carbocycles. The summed E-state index contributed by atoms with van der Waals surface area (Å²) in [7, 11) is 0. The van der Waals surface area contributed by atoms with Crippen molar-refractivity contribution in [1.82, 2.24) is 28.7 Å². The molecular formula is C58H34N6.